The third-order valence-corrected chi connectivity index (χ3v) is 2.22. The first kappa shape index (κ1) is 13.0. The number of hydrogen-bond donors (Lipinski definition) is 1. The highest BCUT2D eigenvalue weighted by Crippen LogP contribution is 2.26. The zero-order chi connectivity index (χ0) is 11.0. The summed E-state index contributed by atoms with van der Waals surface area (Å²) in [5, 5.41) is 0. The number of esters is 1. The van der Waals surface area contributed by atoms with Crippen LogP contribution in [0.3, 0.4) is 0 Å². The van der Waals surface area contributed by atoms with Crippen molar-refractivity contribution < 1.29 is 9.53 Å². The molecular formula is C11H16O2S. The molecule has 2 nitrogen and oxygen atoms in total. The van der Waals surface area contributed by atoms with Crippen molar-refractivity contribution in [3.63, 3.8) is 0 Å². The van der Waals surface area contributed by atoms with Gasteiger partial charge in [-0.1, -0.05) is 24.8 Å². The Balaban J connectivity index is 4.44. The first-order chi connectivity index (χ1) is 6.60. The molecule has 0 saturated heterocycles. The van der Waals surface area contributed by atoms with Gasteiger partial charge in [0.25, 0.3) is 0 Å². The first-order valence-corrected chi connectivity index (χ1v) is 4.77. The maximum Gasteiger partial charge on any atom is 0.322 e. The second kappa shape index (κ2) is 6.49. The van der Waals surface area contributed by atoms with Gasteiger partial charge in [0.2, 0.25) is 0 Å². The number of rotatable bonds is 7. The SMILES string of the molecule is C=CCOC(=O)C(S)(CC=C)CC=C. The maximum atomic E-state index is 11.6. The average molecular weight is 212 g/mol. The van der Waals surface area contributed by atoms with E-state index in [9.17, 15) is 4.79 Å². The highest BCUT2D eigenvalue weighted by atomic mass is 32.1. The molecule has 0 aromatic heterocycles. The predicted octanol–water partition coefficient (Wildman–Crippen LogP) is 2.54. The van der Waals surface area contributed by atoms with Crippen LogP contribution in [0, 0.1) is 0 Å². The normalized spacial score (nSPS) is 10.4. The molecule has 0 aromatic rings. The summed E-state index contributed by atoms with van der Waals surface area (Å²) >= 11 is 4.30. The lowest BCUT2D eigenvalue weighted by atomic mass is 10.0. The van der Waals surface area contributed by atoms with Gasteiger partial charge in [-0.05, 0) is 12.8 Å². The molecule has 0 spiro atoms. The number of thiol groups is 1. The van der Waals surface area contributed by atoms with Gasteiger partial charge in [-0.2, -0.15) is 12.6 Å². The van der Waals surface area contributed by atoms with Gasteiger partial charge in [-0.3, -0.25) is 4.79 Å². The summed E-state index contributed by atoms with van der Waals surface area (Å²) in [5.74, 6) is -0.361. The molecule has 0 unspecified atom stereocenters. The molecule has 0 atom stereocenters. The van der Waals surface area contributed by atoms with Gasteiger partial charge < -0.3 is 4.74 Å². The van der Waals surface area contributed by atoms with Crippen molar-refractivity contribution in [2.45, 2.75) is 17.6 Å². The summed E-state index contributed by atoms with van der Waals surface area (Å²) < 4.78 is 4.09. The molecule has 0 radical (unpaired) electrons. The van der Waals surface area contributed by atoms with E-state index >= 15 is 0 Å². The fourth-order valence-electron chi connectivity index (χ4n) is 0.997. The lowest BCUT2D eigenvalue weighted by molar-refractivity contribution is -0.145. The van der Waals surface area contributed by atoms with E-state index in [1.807, 2.05) is 0 Å². The van der Waals surface area contributed by atoms with Gasteiger partial charge in [0.1, 0.15) is 11.4 Å². The fraction of sp³-hybridized carbons (Fsp3) is 0.364. The Hall–Kier alpha value is -0.960. The van der Waals surface area contributed by atoms with Crippen LogP contribution < -0.4 is 0 Å². The molecule has 78 valence electrons. The number of ether oxygens (including phenoxy) is 1. The van der Waals surface area contributed by atoms with Crippen molar-refractivity contribution in [3.8, 4) is 0 Å². The molecule has 0 aliphatic carbocycles. The van der Waals surface area contributed by atoms with Crippen molar-refractivity contribution in [3.05, 3.63) is 38.0 Å². The number of hydrogen-bond acceptors (Lipinski definition) is 3. The topological polar surface area (TPSA) is 26.3 Å². The minimum absolute atomic E-state index is 0.204. The lowest BCUT2D eigenvalue weighted by Gasteiger charge is -2.23. The summed E-state index contributed by atoms with van der Waals surface area (Å²) in [5.41, 5.74) is 0. The van der Waals surface area contributed by atoms with Crippen molar-refractivity contribution in [1.82, 2.24) is 0 Å². The van der Waals surface area contributed by atoms with Crippen LogP contribution in [0.25, 0.3) is 0 Å². The molecule has 3 heteroatoms. The number of carbonyl (C=O) groups is 1. The Kier molecular flexibility index (Phi) is 6.04. The van der Waals surface area contributed by atoms with Crippen LogP contribution in [-0.4, -0.2) is 17.3 Å². The van der Waals surface area contributed by atoms with Crippen LogP contribution in [-0.2, 0) is 9.53 Å². The minimum atomic E-state index is -0.841. The molecule has 0 saturated carbocycles. The van der Waals surface area contributed by atoms with Gasteiger partial charge in [-0.15, -0.1) is 13.2 Å². The van der Waals surface area contributed by atoms with Crippen LogP contribution in [0.2, 0.25) is 0 Å². The number of allylic oxidation sites excluding steroid dienone is 2. The Bertz CT molecular complexity index is 223. The monoisotopic (exact) mass is 212 g/mol. The van der Waals surface area contributed by atoms with Crippen molar-refractivity contribution in [1.29, 1.82) is 0 Å². The highest BCUT2D eigenvalue weighted by Gasteiger charge is 2.33. The number of carbonyl (C=O) groups excluding carboxylic acids is 1. The predicted molar refractivity (Wildman–Crippen MR) is 62.5 cm³/mol. The Morgan fingerprint density at radius 2 is 1.71 bits per heavy atom. The van der Waals surface area contributed by atoms with Crippen LogP contribution in [0.15, 0.2) is 38.0 Å². The van der Waals surface area contributed by atoms with Crippen LogP contribution in [0.5, 0.6) is 0 Å². The van der Waals surface area contributed by atoms with E-state index in [4.69, 9.17) is 4.74 Å². The van der Waals surface area contributed by atoms with E-state index in [0.29, 0.717) is 12.8 Å². The summed E-state index contributed by atoms with van der Waals surface area (Å²) in [6, 6.07) is 0. The van der Waals surface area contributed by atoms with Crippen LogP contribution in [0.4, 0.5) is 0 Å². The average Bonchev–Trinajstić information content (AvgIpc) is 2.15. The quantitative estimate of drug-likeness (QED) is 0.399. The van der Waals surface area contributed by atoms with Gasteiger partial charge in [-0.25, -0.2) is 0 Å². The Morgan fingerprint density at radius 1 is 1.21 bits per heavy atom. The van der Waals surface area contributed by atoms with Gasteiger partial charge in [0.15, 0.2) is 0 Å². The van der Waals surface area contributed by atoms with E-state index in [-0.39, 0.29) is 12.6 Å². The minimum Gasteiger partial charge on any atom is -0.460 e. The molecule has 0 aliphatic rings. The Labute approximate surface area is 90.7 Å². The van der Waals surface area contributed by atoms with E-state index in [1.54, 1.807) is 12.2 Å². The Morgan fingerprint density at radius 3 is 2.07 bits per heavy atom. The van der Waals surface area contributed by atoms with Crippen LogP contribution in [0.1, 0.15) is 12.8 Å². The van der Waals surface area contributed by atoms with Crippen molar-refractivity contribution in [2.24, 2.45) is 0 Å². The molecule has 0 aromatic carbocycles. The largest absolute Gasteiger partial charge is 0.460 e. The standard InChI is InChI=1S/C11H16O2S/c1-4-7-11(14,8-5-2)10(12)13-9-6-3/h4-6,14H,1-3,7-9H2. The smallest absolute Gasteiger partial charge is 0.322 e. The zero-order valence-electron chi connectivity index (χ0n) is 8.24. The first-order valence-electron chi connectivity index (χ1n) is 4.33. The van der Waals surface area contributed by atoms with Crippen molar-refractivity contribution in [2.75, 3.05) is 6.61 Å². The molecule has 0 amide bonds. The van der Waals surface area contributed by atoms with E-state index in [2.05, 4.69) is 32.4 Å². The zero-order valence-corrected chi connectivity index (χ0v) is 9.13. The third kappa shape index (κ3) is 3.83. The second-order valence-corrected chi connectivity index (χ2v) is 3.76. The van der Waals surface area contributed by atoms with Gasteiger partial charge >= 0.3 is 5.97 Å². The summed E-state index contributed by atoms with van der Waals surface area (Å²) in [6.07, 6.45) is 5.72. The molecule has 0 heterocycles. The third-order valence-electron chi connectivity index (χ3n) is 1.68. The van der Waals surface area contributed by atoms with Crippen molar-refractivity contribution >= 4 is 18.6 Å². The fourth-order valence-corrected chi connectivity index (χ4v) is 1.32. The molecule has 0 fully saturated rings. The van der Waals surface area contributed by atoms with Gasteiger partial charge in [0, 0.05) is 0 Å². The summed E-state index contributed by atoms with van der Waals surface area (Å²) in [4.78, 5) is 11.6. The molecular weight excluding hydrogens is 196 g/mol. The lowest BCUT2D eigenvalue weighted by Crippen LogP contribution is -2.33. The summed E-state index contributed by atoms with van der Waals surface area (Å²) in [7, 11) is 0. The second-order valence-electron chi connectivity index (χ2n) is 2.90. The highest BCUT2D eigenvalue weighted by molar-refractivity contribution is 7.82. The molecule has 14 heavy (non-hydrogen) atoms. The maximum absolute atomic E-state index is 11.6. The summed E-state index contributed by atoms with van der Waals surface area (Å²) in [6.45, 7) is 10.8. The van der Waals surface area contributed by atoms with E-state index in [0.717, 1.165) is 0 Å². The molecule has 0 rings (SSSR count). The molecule has 0 N–H and O–H groups in total. The van der Waals surface area contributed by atoms with Crippen LogP contribution >= 0.6 is 12.6 Å². The van der Waals surface area contributed by atoms with E-state index < -0.39 is 4.75 Å². The van der Waals surface area contributed by atoms with Gasteiger partial charge in [0.05, 0.1) is 0 Å². The molecule has 0 aliphatic heterocycles. The molecule has 0 bridgehead atoms. The van der Waals surface area contributed by atoms with E-state index in [1.165, 1.54) is 6.08 Å².